The Morgan fingerprint density at radius 1 is 0.595 bits per heavy atom. The summed E-state index contributed by atoms with van der Waals surface area (Å²) in [6, 6.07) is 0. The predicted octanol–water partition coefficient (Wildman–Crippen LogP) is 2.05. The van der Waals surface area contributed by atoms with Crippen molar-refractivity contribution in [1.29, 1.82) is 0 Å². The molecule has 224 valence electrons. The molecule has 0 rings (SSSR count). The van der Waals surface area contributed by atoms with Crippen molar-refractivity contribution in [3.63, 3.8) is 0 Å². The van der Waals surface area contributed by atoms with E-state index in [1.807, 2.05) is 13.8 Å². The summed E-state index contributed by atoms with van der Waals surface area (Å²) in [6.07, 6.45) is 2.59. The van der Waals surface area contributed by atoms with Crippen LogP contribution in [0.2, 0.25) is 0 Å². The average molecular weight is 620 g/mol. The molecule has 4 atom stereocenters. The number of aliphatic hydroxyl groups is 2. The highest BCUT2D eigenvalue weighted by molar-refractivity contribution is 7.80. The van der Waals surface area contributed by atoms with Gasteiger partial charge in [-0.3, -0.25) is 18.3 Å². The summed E-state index contributed by atoms with van der Waals surface area (Å²) in [7, 11) is -21.4. The SMILES string of the molecule is CCCCCN(C)CCC(O)(P(=O)(O)O)P(=O)(O)OP(=O)(O)C(O)(CCN(C)CCCCC)P(=O)(O)O. The maximum absolute atomic E-state index is 12.9. The molecular weight excluding hydrogens is 576 g/mol. The summed E-state index contributed by atoms with van der Waals surface area (Å²) in [5.74, 6) is 0. The third kappa shape index (κ3) is 10.4. The van der Waals surface area contributed by atoms with Gasteiger partial charge in [-0.25, -0.2) is 4.31 Å². The molecule has 0 aliphatic rings. The van der Waals surface area contributed by atoms with Gasteiger partial charge in [0.2, 0.25) is 0 Å². The van der Waals surface area contributed by atoms with Crippen molar-refractivity contribution in [2.45, 2.75) is 75.4 Å². The van der Waals surface area contributed by atoms with Crippen molar-refractivity contribution >= 4 is 30.4 Å². The Labute approximate surface area is 218 Å². The predicted molar refractivity (Wildman–Crippen MR) is 138 cm³/mol. The van der Waals surface area contributed by atoms with E-state index in [9.17, 15) is 57.8 Å². The Balaban J connectivity index is 6.01. The zero-order chi connectivity index (χ0) is 29.3. The normalized spacial score (nSPS) is 19.8. The molecule has 4 unspecified atom stereocenters. The molecular formula is C18H44N2O13P4. The van der Waals surface area contributed by atoms with E-state index in [0.29, 0.717) is 25.9 Å². The van der Waals surface area contributed by atoms with Crippen molar-refractivity contribution in [3.05, 3.63) is 0 Å². The molecule has 0 heterocycles. The van der Waals surface area contributed by atoms with E-state index >= 15 is 0 Å². The summed E-state index contributed by atoms with van der Waals surface area (Å²) in [5.41, 5.74) is 0. The number of hydrogen-bond donors (Lipinski definition) is 8. The summed E-state index contributed by atoms with van der Waals surface area (Å²) in [4.78, 5) is 62.4. The molecule has 0 spiro atoms. The van der Waals surface area contributed by atoms with Crippen LogP contribution in [0, 0.1) is 0 Å². The second-order valence-electron chi connectivity index (χ2n) is 9.28. The van der Waals surface area contributed by atoms with Gasteiger partial charge in [-0.1, -0.05) is 39.5 Å². The van der Waals surface area contributed by atoms with Gasteiger partial charge < -0.3 is 49.4 Å². The number of hydrogen-bond acceptors (Lipinski definition) is 9. The second-order valence-corrected chi connectivity index (χ2v) is 17.9. The number of unbranched alkanes of at least 4 members (excludes halogenated alkanes) is 4. The van der Waals surface area contributed by atoms with Gasteiger partial charge >= 0.3 is 30.4 Å². The van der Waals surface area contributed by atoms with E-state index in [0.717, 1.165) is 25.7 Å². The number of nitrogens with zero attached hydrogens (tertiary/aromatic N) is 2. The lowest BCUT2D eigenvalue weighted by atomic mass is 10.2. The third-order valence-corrected chi connectivity index (χ3v) is 15.4. The van der Waals surface area contributed by atoms with Crippen LogP contribution < -0.4 is 0 Å². The van der Waals surface area contributed by atoms with Gasteiger partial charge in [0, 0.05) is 25.9 Å². The average Bonchev–Trinajstić information content (AvgIpc) is 2.73. The first-order chi connectivity index (χ1) is 16.6. The van der Waals surface area contributed by atoms with E-state index in [-0.39, 0.29) is 13.1 Å². The molecule has 0 saturated heterocycles. The van der Waals surface area contributed by atoms with Crippen LogP contribution in [-0.2, 0) is 22.6 Å². The standard InChI is InChI=1S/C18H44N2O13P4/c1-5-7-9-13-19(3)15-11-17(21,34(23,24)25)36(29,30)33-37(31,32)18(22,35(26,27)28)12-16-20(4)14-10-8-6-2/h21-22H,5-16H2,1-4H3,(H,29,30)(H,31,32)(H2,23,24,25)(H2,26,27,28). The fourth-order valence-electron chi connectivity index (χ4n) is 3.35. The van der Waals surface area contributed by atoms with Crippen LogP contribution >= 0.6 is 30.4 Å². The highest BCUT2D eigenvalue weighted by Gasteiger charge is 2.68. The van der Waals surface area contributed by atoms with E-state index in [1.165, 1.54) is 23.9 Å². The Hall–Kier alpha value is 0.480. The lowest BCUT2D eigenvalue weighted by Gasteiger charge is -2.37. The molecule has 0 aliphatic carbocycles. The van der Waals surface area contributed by atoms with Crippen molar-refractivity contribution in [2.75, 3.05) is 40.3 Å². The molecule has 0 bridgehead atoms. The Morgan fingerprint density at radius 3 is 1.14 bits per heavy atom. The van der Waals surface area contributed by atoms with Gasteiger partial charge in [-0.15, -0.1) is 0 Å². The van der Waals surface area contributed by atoms with Crippen LogP contribution in [0.3, 0.4) is 0 Å². The van der Waals surface area contributed by atoms with Gasteiger partial charge in [0.05, 0.1) is 0 Å². The topological polar surface area (TPSA) is 246 Å². The zero-order valence-corrected chi connectivity index (χ0v) is 25.4. The van der Waals surface area contributed by atoms with Crippen molar-refractivity contribution in [1.82, 2.24) is 9.80 Å². The molecule has 0 aliphatic heterocycles. The zero-order valence-electron chi connectivity index (χ0n) is 21.8. The minimum absolute atomic E-state index is 0.347. The molecule has 0 amide bonds. The Bertz CT molecular complexity index is 827. The maximum atomic E-state index is 12.9. The van der Waals surface area contributed by atoms with Crippen molar-refractivity contribution in [3.8, 4) is 0 Å². The molecule has 0 saturated carbocycles. The van der Waals surface area contributed by atoms with Crippen molar-refractivity contribution in [2.24, 2.45) is 0 Å². The fraction of sp³-hybridized carbons (Fsp3) is 1.00. The third-order valence-electron chi connectivity index (χ3n) is 6.00. The molecule has 8 N–H and O–H groups in total. The van der Waals surface area contributed by atoms with Gasteiger partial charge in [0.1, 0.15) is 0 Å². The van der Waals surface area contributed by atoms with Gasteiger partial charge in [0.25, 0.3) is 10.2 Å². The van der Waals surface area contributed by atoms with Crippen LogP contribution in [0.15, 0.2) is 0 Å². The smallest absolute Gasteiger partial charge is 0.367 e. The minimum Gasteiger partial charge on any atom is -0.367 e. The molecule has 15 nitrogen and oxygen atoms in total. The summed E-state index contributed by atoms with van der Waals surface area (Å²) in [6.45, 7) is 4.01. The van der Waals surface area contributed by atoms with Crippen LogP contribution in [0.1, 0.15) is 65.2 Å². The lowest BCUT2D eigenvalue weighted by molar-refractivity contribution is 0.0962. The summed E-state index contributed by atoms with van der Waals surface area (Å²) in [5, 5.41) is 13.4. The van der Waals surface area contributed by atoms with Gasteiger partial charge in [-0.2, -0.15) is 0 Å². The monoisotopic (exact) mass is 620 g/mol. The van der Waals surface area contributed by atoms with E-state index < -0.39 is 53.4 Å². The van der Waals surface area contributed by atoms with Crippen LogP contribution in [0.25, 0.3) is 0 Å². The maximum Gasteiger partial charge on any atom is 0.379 e. The first-order valence-corrected chi connectivity index (χ1v) is 18.3. The molecule has 0 radical (unpaired) electrons. The largest absolute Gasteiger partial charge is 0.379 e. The van der Waals surface area contributed by atoms with Crippen LogP contribution in [0.5, 0.6) is 0 Å². The molecule has 0 aromatic carbocycles. The Kier molecular flexibility index (Phi) is 15.1. The highest BCUT2D eigenvalue weighted by Crippen LogP contribution is 2.81. The molecule has 19 heteroatoms. The molecule has 0 fully saturated rings. The van der Waals surface area contributed by atoms with E-state index in [1.54, 1.807) is 0 Å². The first kappa shape index (κ1) is 37.5. The fourth-order valence-corrected chi connectivity index (χ4v) is 10.4. The quantitative estimate of drug-likeness (QED) is 0.0717. The first-order valence-electron chi connectivity index (χ1n) is 11.9. The Morgan fingerprint density at radius 2 is 0.892 bits per heavy atom. The highest BCUT2D eigenvalue weighted by atomic mass is 31.3. The second kappa shape index (κ2) is 14.9. The van der Waals surface area contributed by atoms with E-state index in [2.05, 4.69) is 4.31 Å². The summed E-state index contributed by atoms with van der Waals surface area (Å²) < 4.78 is 54.1. The van der Waals surface area contributed by atoms with Gasteiger partial charge in [-0.05, 0) is 40.0 Å². The van der Waals surface area contributed by atoms with Crippen LogP contribution in [-0.4, -0.2) is 99.8 Å². The molecule has 37 heavy (non-hydrogen) atoms. The van der Waals surface area contributed by atoms with Crippen LogP contribution in [0.4, 0.5) is 0 Å². The van der Waals surface area contributed by atoms with E-state index in [4.69, 9.17) is 0 Å². The van der Waals surface area contributed by atoms with Crippen molar-refractivity contribution < 1.29 is 62.1 Å². The van der Waals surface area contributed by atoms with Gasteiger partial charge in [0.15, 0.2) is 0 Å². The minimum atomic E-state index is -6.24. The number of rotatable bonds is 20. The lowest BCUT2D eigenvalue weighted by Crippen LogP contribution is -2.37. The summed E-state index contributed by atoms with van der Waals surface area (Å²) >= 11 is 0. The molecule has 0 aromatic heterocycles. The molecule has 0 aromatic rings.